The molecule has 0 unspecified atom stereocenters. The van der Waals surface area contributed by atoms with Crippen LogP contribution in [0.5, 0.6) is 11.5 Å². The maximum atomic E-state index is 12.9. The van der Waals surface area contributed by atoms with E-state index in [-0.39, 0.29) is 5.89 Å². The van der Waals surface area contributed by atoms with Crippen LogP contribution in [0.3, 0.4) is 0 Å². The molecule has 0 N–H and O–H groups in total. The molecule has 0 fully saturated rings. The summed E-state index contributed by atoms with van der Waals surface area (Å²) in [6.45, 7) is 0. The zero-order valence-corrected chi connectivity index (χ0v) is 11.9. The minimum atomic E-state index is -0.430. The highest BCUT2D eigenvalue weighted by molar-refractivity contribution is 5.62. The average Bonchev–Trinajstić information content (AvgIpc) is 3.05. The van der Waals surface area contributed by atoms with Gasteiger partial charge in [-0.3, -0.25) is 0 Å². The Hall–Kier alpha value is -2.96. The van der Waals surface area contributed by atoms with Gasteiger partial charge in [-0.2, -0.15) is 4.98 Å². The highest BCUT2D eigenvalue weighted by Crippen LogP contribution is 2.29. The molecule has 22 heavy (non-hydrogen) atoms. The molecule has 3 rings (SSSR count). The SMILES string of the molecule is COc1cc(OC)cc(-c2noc(-c3ccc(F)cn3)n2)c1. The summed E-state index contributed by atoms with van der Waals surface area (Å²) < 4.78 is 28.5. The molecule has 0 aliphatic rings. The lowest BCUT2D eigenvalue weighted by Gasteiger charge is -2.05. The second-order valence-corrected chi connectivity index (χ2v) is 4.39. The fourth-order valence-corrected chi connectivity index (χ4v) is 1.88. The molecular formula is C15H12FN3O3. The van der Waals surface area contributed by atoms with Crippen molar-refractivity contribution in [3.8, 4) is 34.5 Å². The first-order valence-electron chi connectivity index (χ1n) is 6.38. The number of methoxy groups -OCH3 is 2. The Kier molecular flexibility index (Phi) is 3.69. The number of hydrogen-bond acceptors (Lipinski definition) is 6. The third-order valence-corrected chi connectivity index (χ3v) is 2.98. The first-order valence-corrected chi connectivity index (χ1v) is 6.38. The Morgan fingerprint density at radius 2 is 1.77 bits per heavy atom. The van der Waals surface area contributed by atoms with Gasteiger partial charge < -0.3 is 14.0 Å². The van der Waals surface area contributed by atoms with E-state index in [2.05, 4.69) is 15.1 Å². The van der Waals surface area contributed by atoms with Crippen molar-refractivity contribution in [2.45, 2.75) is 0 Å². The normalized spacial score (nSPS) is 10.5. The number of nitrogens with zero attached hydrogens (tertiary/aromatic N) is 3. The van der Waals surface area contributed by atoms with Crippen LogP contribution in [0.2, 0.25) is 0 Å². The van der Waals surface area contributed by atoms with E-state index in [9.17, 15) is 4.39 Å². The van der Waals surface area contributed by atoms with E-state index < -0.39 is 5.82 Å². The van der Waals surface area contributed by atoms with E-state index in [0.29, 0.717) is 28.6 Å². The van der Waals surface area contributed by atoms with Gasteiger partial charge in [0.05, 0.1) is 20.4 Å². The molecule has 0 saturated carbocycles. The molecule has 0 atom stereocenters. The Bertz CT molecular complexity index is 765. The number of rotatable bonds is 4. The molecule has 0 radical (unpaired) electrons. The topological polar surface area (TPSA) is 70.3 Å². The van der Waals surface area contributed by atoms with E-state index in [1.807, 2.05) is 0 Å². The summed E-state index contributed by atoms with van der Waals surface area (Å²) in [6.07, 6.45) is 1.09. The van der Waals surface area contributed by atoms with E-state index in [1.54, 1.807) is 32.4 Å². The maximum absolute atomic E-state index is 12.9. The van der Waals surface area contributed by atoms with Crippen molar-refractivity contribution >= 4 is 0 Å². The van der Waals surface area contributed by atoms with Crippen molar-refractivity contribution in [1.82, 2.24) is 15.1 Å². The summed E-state index contributed by atoms with van der Waals surface area (Å²) in [4.78, 5) is 8.16. The van der Waals surface area contributed by atoms with Gasteiger partial charge in [0.1, 0.15) is 23.0 Å². The molecule has 0 saturated heterocycles. The number of pyridine rings is 1. The van der Waals surface area contributed by atoms with Crippen LogP contribution in [-0.2, 0) is 0 Å². The lowest BCUT2D eigenvalue weighted by atomic mass is 10.2. The fourth-order valence-electron chi connectivity index (χ4n) is 1.88. The Balaban J connectivity index is 1.98. The molecule has 0 amide bonds. The molecule has 2 heterocycles. The number of aromatic nitrogens is 3. The van der Waals surface area contributed by atoms with Gasteiger partial charge in [-0.1, -0.05) is 5.16 Å². The number of halogens is 1. The molecule has 112 valence electrons. The van der Waals surface area contributed by atoms with Crippen molar-refractivity contribution in [2.75, 3.05) is 14.2 Å². The molecule has 6 nitrogen and oxygen atoms in total. The van der Waals surface area contributed by atoms with Crippen LogP contribution in [0.1, 0.15) is 0 Å². The monoisotopic (exact) mass is 301 g/mol. The lowest BCUT2D eigenvalue weighted by molar-refractivity contribution is 0.394. The minimum Gasteiger partial charge on any atom is -0.497 e. The summed E-state index contributed by atoms with van der Waals surface area (Å²) in [5.74, 6) is 1.36. The first-order chi connectivity index (χ1) is 10.7. The Labute approximate surface area is 125 Å². The van der Waals surface area contributed by atoms with Gasteiger partial charge >= 0.3 is 0 Å². The summed E-state index contributed by atoms with van der Waals surface area (Å²) in [7, 11) is 3.12. The van der Waals surface area contributed by atoms with Crippen LogP contribution in [0.4, 0.5) is 4.39 Å². The van der Waals surface area contributed by atoms with Crippen LogP contribution in [0.25, 0.3) is 23.0 Å². The van der Waals surface area contributed by atoms with Gasteiger partial charge in [-0.05, 0) is 24.3 Å². The standard InChI is InChI=1S/C15H12FN3O3/c1-20-11-5-9(6-12(7-11)21-2)14-18-15(22-19-14)13-4-3-10(16)8-17-13/h3-8H,1-2H3. The zero-order chi connectivity index (χ0) is 15.5. The zero-order valence-electron chi connectivity index (χ0n) is 11.9. The lowest BCUT2D eigenvalue weighted by Crippen LogP contribution is -1.90. The minimum absolute atomic E-state index is 0.205. The van der Waals surface area contributed by atoms with Crippen LogP contribution < -0.4 is 9.47 Å². The van der Waals surface area contributed by atoms with Crippen LogP contribution in [0.15, 0.2) is 41.1 Å². The van der Waals surface area contributed by atoms with Gasteiger partial charge in [-0.25, -0.2) is 9.37 Å². The average molecular weight is 301 g/mol. The van der Waals surface area contributed by atoms with Gasteiger partial charge in [0, 0.05) is 11.6 Å². The second kappa shape index (κ2) is 5.80. The van der Waals surface area contributed by atoms with Crippen molar-refractivity contribution in [1.29, 1.82) is 0 Å². The van der Waals surface area contributed by atoms with Gasteiger partial charge in [0.25, 0.3) is 5.89 Å². The molecular weight excluding hydrogens is 289 g/mol. The number of benzene rings is 1. The van der Waals surface area contributed by atoms with Crippen LogP contribution >= 0.6 is 0 Å². The fraction of sp³-hybridized carbons (Fsp3) is 0.133. The number of hydrogen-bond donors (Lipinski definition) is 0. The molecule has 0 spiro atoms. The predicted octanol–water partition coefficient (Wildman–Crippen LogP) is 2.95. The van der Waals surface area contributed by atoms with Crippen LogP contribution in [-0.4, -0.2) is 29.3 Å². The highest BCUT2D eigenvalue weighted by atomic mass is 19.1. The molecule has 2 aromatic heterocycles. The predicted molar refractivity (Wildman–Crippen MR) is 76.0 cm³/mol. The van der Waals surface area contributed by atoms with Gasteiger partial charge in [-0.15, -0.1) is 0 Å². The maximum Gasteiger partial charge on any atom is 0.276 e. The second-order valence-electron chi connectivity index (χ2n) is 4.39. The molecule has 3 aromatic rings. The van der Waals surface area contributed by atoms with Crippen molar-refractivity contribution < 1.29 is 18.4 Å². The molecule has 0 bridgehead atoms. The van der Waals surface area contributed by atoms with Crippen molar-refractivity contribution in [2.24, 2.45) is 0 Å². The summed E-state index contributed by atoms with van der Waals surface area (Å²) >= 11 is 0. The largest absolute Gasteiger partial charge is 0.497 e. The van der Waals surface area contributed by atoms with Crippen LogP contribution in [0, 0.1) is 5.82 Å². The first kappa shape index (κ1) is 14.0. The molecule has 7 heteroatoms. The van der Waals surface area contributed by atoms with Gasteiger partial charge in [0.15, 0.2) is 0 Å². The quantitative estimate of drug-likeness (QED) is 0.738. The Morgan fingerprint density at radius 3 is 2.36 bits per heavy atom. The Morgan fingerprint density at radius 1 is 1.05 bits per heavy atom. The molecule has 0 aliphatic carbocycles. The van der Waals surface area contributed by atoms with Crippen molar-refractivity contribution in [3.05, 3.63) is 42.3 Å². The highest BCUT2D eigenvalue weighted by Gasteiger charge is 2.13. The smallest absolute Gasteiger partial charge is 0.276 e. The van der Waals surface area contributed by atoms with Gasteiger partial charge in [0.2, 0.25) is 5.82 Å². The summed E-state index contributed by atoms with van der Waals surface area (Å²) in [5.41, 5.74) is 1.07. The van der Waals surface area contributed by atoms with E-state index >= 15 is 0 Å². The number of ether oxygens (including phenoxy) is 2. The third kappa shape index (κ3) is 2.73. The summed E-state index contributed by atoms with van der Waals surface area (Å²) in [6, 6.07) is 8.01. The van der Waals surface area contributed by atoms with E-state index in [0.717, 1.165) is 6.20 Å². The summed E-state index contributed by atoms with van der Waals surface area (Å²) in [5, 5.41) is 3.91. The molecule has 1 aromatic carbocycles. The van der Waals surface area contributed by atoms with E-state index in [4.69, 9.17) is 14.0 Å². The van der Waals surface area contributed by atoms with E-state index in [1.165, 1.54) is 12.1 Å². The van der Waals surface area contributed by atoms with Crippen molar-refractivity contribution in [3.63, 3.8) is 0 Å². The molecule has 0 aliphatic heterocycles. The third-order valence-electron chi connectivity index (χ3n) is 2.98.